The largest absolute Gasteiger partial charge is 0.364 e. The van der Waals surface area contributed by atoms with E-state index in [1.54, 1.807) is 6.26 Å². The van der Waals surface area contributed by atoms with Gasteiger partial charge in [-0.2, -0.15) is 0 Å². The summed E-state index contributed by atoms with van der Waals surface area (Å²) < 4.78 is 6.90. The van der Waals surface area contributed by atoms with Crippen LogP contribution in [0.5, 0.6) is 0 Å². The van der Waals surface area contributed by atoms with Gasteiger partial charge in [0, 0.05) is 18.8 Å². The first-order valence-electron chi connectivity index (χ1n) is 3.97. The lowest BCUT2D eigenvalue weighted by Crippen LogP contribution is -1.94. The Morgan fingerprint density at radius 1 is 1.50 bits per heavy atom. The molecule has 0 unspecified atom stereocenters. The van der Waals surface area contributed by atoms with E-state index in [4.69, 9.17) is 4.52 Å². The lowest BCUT2D eigenvalue weighted by molar-refractivity contribution is 0.421. The number of hydrogen-bond donors (Lipinski definition) is 0. The fraction of sp³-hybridized carbons (Fsp3) is 0.222. The van der Waals surface area contributed by atoms with Crippen molar-refractivity contribution in [1.29, 1.82) is 0 Å². The maximum atomic E-state index is 4.77. The first-order chi connectivity index (χ1) is 5.92. The predicted molar refractivity (Wildman–Crippen MR) is 45.6 cm³/mol. The Bertz CT molecular complexity index is 348. The van der Waals surface area contributed by atoms with Gasteiger partial charge in [0.1, 0.15) is 12.0 Å². The molecule has 62 valence electrons. The van der Waals surface area contributed by atoms with Crippen molar-refractivity contribution >= 4 is 0 Å². The normalized spacial score (nSPS) is 10.4. The lowest BCUT2D eigenvalue weighted by atomic mass is 10.3. The molecule has 12 heavy (non-hydrogen) atoms. The third-order valence-electron chi connectivity index (χ3n) is 1.87. The molecule has 0 spiro atoms. The highest BCUT2D eigenvalue weighted by Gasteiger charge is 2.04. The molecule has 3 heteroatoms. The van der Waals surface area contributed by atoms with Gasteiger partial charge in [0.05, 0.1) is 5.69 Å². The van der Waals surface area contributed by atoms with E-state index in [0.717, 1.165) is 17.9 Å². The van der Waals surface area contributed by atoms with Crippen LogP contribution in [0.4, 0.5) is 0 Å². The highest BCUT2D eigenvalue weighted by atomic mass is 16.5. The molecule has 2 heterocycles. The molecule has 0 bridgehead atoms. The van der Waals surface area contributed by atoms with E-state index in [2.05, 4.69) is 16.6 Å². The first-order valence-corrected chi connectivity index (χ1v) is 3.97. The molecule has 2 rings (SSSR count). The molecule has 0 amide bonds. The summed E-state index contributed by atoms with van der Waals surface area (Å²) in [6, 6.07) is 5.90. The van der Waals surface area contributed by atoms with Gasteiger partial charge in [0.2, 0.25) is 0 Å². The van der Waals surface area contributed by atoms with Gasteiger partial charge in [0.15, 0.2) is 0 Å². The van der Waals surface area contributed by atoms with Gasteiger partial charge in [-0.05, 0) is 19.1 Å². The highest BCUT2D eigenvalue weighted by molar-refractivity contribution is 5.53. The molecule has 2 aromatic heterocycles. The molecule has 0 saturated heterocycles. The second kappa shape index (κ2) is 2.85. The molecular formula is C9H10N2O. The van der Waals surface area contributed by atoms with E-state index in [1.165, 1.54) is 0 Å². The zero-order valence-corrected chi connectivity index (χ0v) is 6.90. The Morgan fingerprint density at radius 2 is 2.42 bits per heavy atom. The maximum absolute atomic E-state index is 4.77. The van der Waals surface area contributed by atoms with Crippen molar-refractivity contribution in [3.05, 3.63) is 30.7 Å². The maximum Gasteiger partial charge on any atom is 0.130 e. The molecule has 0 radical (unpaired) electrons. The number of aryl methyl sites for hydroxylation is 1. The average Bonchev–Trinajstić information content (AvgIpc) is 2.74. The summed E-state index contributed by atoms with van der Waals surface area (Å²) in [7, 11) is 0. The molecular weight excluding hydrogens is 152 g/mol. The Balaban J connectivity index is 2.46. The van der Waals surface area contributed by atoms with Gasteiger partial charge in [-0.3, -0.25) is 0 Å². The minimum Gasteiger partial charge on any atom is -0.364 e. The van der Waals surface area contributed by atoms with E-state index in [9.17, 15) is 0 Å². The second-order valence-corrected chi connectivity index (χ2v) is 2.56. The fourth-order valence-electron chi connectivity index (χ4n) is 1.27. The Labute approximate surface area is 70.6 Å². The van der Waals surface area contributed by atoms with Gasteiger partial charge in [0.25, 0.3) is 0 Å². The Kier molecular flexibility index (Phi) is 1.70. The standard InChI is InChI=1S/C9H10N2O/c1-2-11-6-3-4-9(11)8-5-7-12-10-8/h3-7H,2H2,1H3. The summed E-state index contributed by atoms with van der Waals surface area (Å²) in [4.78, 5) is 0. The van der Waals surface area contributed by atoms with Gasteiger partial charge in [-0.25, -0.2) is 0 Å². The minimum absolute atomic E-state index is 0.891. The molecule has 0 aliphatic carbocycles. The van der Waals surface area contributed by atoms with Gasteiger partial charge in [-0.1, -0.05) is 5.16 Å². The Hall–Kier alpha value is -1.51. The summed E-state index contributed by atoms with van der Waals surface area (Å²) >= 11 is 0. The quantitative estimate of drug-likeness (QED) is 0.677. The lowest BCUT2D eigenvalue weighted by Gasteiger charge is -2.01. The van der Waals surface area contributed by atoms with Crippen molar-refractivity contribution in [2.45, 2.75) is 13.5 Å². The van der Waals surface area contributed by atoms with Crippen molar-refractivity contribution in [3.63, 3.8) is 0 Å². The molecule has 0 aliphatic rings. The third-order valence-corrected chi connectivity index (χ3v) is 1.87. The van der Waals surface area contributed by atoms with E-state index in [-0.39, 0.29) is 0 Å². The van der Waals surface area contributed by atoms with Crippen LogP contribution in [-0.2, 0) is 6.54 Å². The van der Waals surface area contributed by atoms with E-state index in [1.807, 2.05) is 24.4 Å². The Morgan fingerprint density at radius 3 is 3.08 bits per heavy atom. The number of nitrogens with zero attached hydrogens (tertiary/aromatic N) is 2. The molecule has 0 aromatic carbocycles. The van der Waals surface area contributed by atoms with Crippen LogP contribution >= 0.6 is 0 Å². The first kappa shape index (κ1) is 7.16. The van der Waals surface area contributed by atoms with Crippen LogP contribution in [0.1, 0.15) is 6.92 Å². The van der Waals surface area contributed by atoms with Crippen LogP contribution in [0.15, 0.2) is 35.2 Å². The minimum atomic E-state index is 0.891. The highest BCUT2D eigenvalue weighted by Crippen LogP contribution is 2.17. The topological polar surface area (TPSA) is 31.0 Å². The predicted octanol–water partition coefficient (Wildman–Crippen LogP) is 2.16. The van der Waals surface area contributed by atoms with E-state index >= 15 is 0 Å². The van der Waals surface area contributed by atoms with Crippen molar-refractivity contribution in [2.75, 3.05) is 0 Å². The summed E-state index contributed by atoms with van der Waals surface area (Å²) in [6.07, 6.45) is 3.62. The molecule has 0 aliphatic heterocycles. The van der Waals surface area contributed by atoms with Crippen LogP contribution in [0.25, 0.3) is 11.4 Å². The molecule has 0 fully saturated rings. The van der Waals surface area contributed by atoms with E-state index < -0.39 is 0 Å². The number of hydrogen-bond acceptors (Lipinski definition) is 2. The summed E-state index contributed by atoms with van der Waals surface area (Å²) in [6.45, 7) is 3.05. The van der Waals surface area contributed by atoms with Crippen molar-refractivity contribution in [3.8, 4) is 11.4 Å². The molecule has 0 atom stereocenters. The van der Waals surface area contributed by atoms with E-state index in [0.29, 0.717) is 0 Å². The molecule has 3 nitrogen and oxygen atoms in total. The van der Waals surface area contributed by atoms with Gasteiger partial charge >= 0.3 is 0 Å². The van der Waals surface area contributed by atoms with Gasteiger partial charge < -0.3 is 9.09 Å². The summed E-state index contributed by atoms with van der Waals surface area (Å²) in [5.74, 6) is 0. The van der Waals surface area contributed by atoms with Crippen LogP contribution < -0.4 is 0 Å². The van der Waals surface area contributed by atoms with Crippen LogP contribution in [-0.4, -0.2) is 9.72 Å². The molecule has 0 N–H and O–H groups in total. The zero-order valence-electron chi connectivity index (χ0n) is 6.90. The van der Waals surface area contributed by atoms with Crippen LogP contribution in [0, 0.1) is 0 Å². The van der Waals surface area contributed by atoms with Gasteiger partial charge in [-0.15, -0.1) is 0 Å². The molecule has 0 saturated carbocycles. The number of aromatic nitrogens is 2. The average molecular weight is 162 g/mol. The van der Waals surface area contributed by atoms with Crippen molar-refractivity contribution in [1.82, 2.24) is 9.72 Å². The summed E-state index contributed by atoms with van der Waals surface area (Å²) in [5.41, 5.74) is 1.99. The smallest absolute Gasteiger partial charge is 0.130 e. The summed E-state index contributed by atoms with van der Waals surface area (Å²) in [5, 5.41) is 3.87. The fourth-order valence-corrected chi connectivity index (χ4v) is 1.27. The number of rotatable bonds is 2. The second-order valence-electron chi connectivity index (χ2n) is 2.56. The van der Waals surface area contributed by atoms with Crippen molar-refractivity contribution in [2.24, 2.45) is 0 Å². The SMILES string of the molecule is CCn1cccc1-c1ccon1. The zero-order chi connectivity index (χ0) is 8.39. The molecule has 2 aromatic rings. The van der Waals surface area contributed by atoms with Crippen LogP contribution in [0.3, 0.4) is 0 Å². The van der Waals surface area contributed by atoms with Crippen LogP contribution in [0.2, 0.25) is 0 Å². The monoisotopic (exact) mass is 162 g/mol. The van der Waals surface area contributed by atoms with Crippen molar-refractivity contribution < 1.29 is 4.52 Å². The third kappa shape index (κ3) is 1.03.